The minimum Gasteiger partial charge on any atom is -0.507 e. The van der Waals surface area contributed by atoms with Crippen molar-refractivity contribution in [3.8, 4) is 27.4 Å². The lowest BCUT2D eigenvalue weighted by Gasteiger charge is -2.35. The topological polar surface area (TPSA) is 206 Å². The number of aromatic nitrogens is 6. The van der Waals surface area contributed by atoms with Gasteiger partial charge in [0, 0.05) is 80.7 Å². The highest BCUT2D eigenvalue weighted by Crippen LogP contribution is 2.36. The third-order valence-corrected chi connectivity index (χ3v) is 14.1. The van der Waals surface area contributed by atoms with Crippen LogP contribution in [-0.4, -0.2) is 119 Å². The number of likely N-dealkylation sites (tertiary alicyclic amines) is 1. The van der Waals surface area contributed by atoms with Gasteiger partial charge in [0.1, 0.15) is 17.8 Å². The molecule has 6 aromatic rings. The number of carbonyl (C=O) groups excluding carboxylic acids is 3. The summed E-state index contributed by atoms with van der Waals surface area (Å²) in [5, 5.41) is 36.7. The van der Waals surface area contributed by atoms with Gasteiger partial charge in [0.15, 0.2) is 5.65 Å². The lowest BCUT2D eigenvalue weighted by Crippen LogP contribution is -2.57. The summed E-state index contributed by atoms with van der Waals surface area (Å²) >= 11 is 1.58. The second-order valence-electron chi connectivity index (χ2n) is 19.4. The molecule has 2 aliphatic heterocycles. The summed E-state index contributed by atoms with van der Waals surface area (Å²) < 4.78 is 0. The van der Waals surface area contributed by atoms with E-state index >= 15 is 0 Å². The van der Waals surface area contributed by atoms with Gasteiger partial charge in [-0.3, -0.25) is 14.4 Å². The number of piperidine rings is 1. The zero-order chi connectivity index (χ0) is 48.0. The number of amides is 3. The molecule has 68 heavy (non-hydrogen) atoms. The molecule has 4 aromatic heterocycles. The SMILES string of the molecule is Cc1ncsc1-c1ccc(CNC(=O)[C@@H]2C[C@@H](O)CN2C(=O)[C@@H](NC(=O)CCCCCN(C)Cc2cnc(N3CCC(c4c[nH]c5nnc(-c6ccccc6O)cc45)CC3)nc2)C(C)(C)C)cc1. The van der Waals surface area contributed by atoms with Crippen molar-refractivity contribution in [3.05, 3.63) is 101 Å². The van der Waals surface area contributed by atoms with Gasteiger partial charge >= 0.3 is 0 Å². The molecular formula is C51H63N11O5S. The number of fused-ring (bicyclic) bond motifs is 1. The quantitative estimate of drug-likeness (QED) is 0.0604. The van der Waals surface area contributed by atoms with E-state index in [4.69, 9.17) is 9.97 Å². The Labute approximate surface area is 401 Å². The van der Waals surface area contributed by atoms with Crippen molar-refractivity contribution in [2.24, 2.45) is 5.41 Å². The molecule has 3 amide bonds. The lowest BCUT2D eigenvalue weighted by molar-refractivity contribution is -0.144. The molecule has 16 nitrogen and oxygen atoms in total. The number of aliphatic hydroxyl groups is 1. The largest absolute Gasteiger partial charge is 0.507 e. The van der Waals surface area contributed by atoms with E-state index in [2.05, 4.69) is 47.6 Å². The van der Waals surface area contributed by atoms with Crippen LogP contribution in [0.15, 0.2) is 78.7 Å². The van der Waals surface area contributed by atoms with Gasteiger partial charge in [-0.15, -0.1) is 21.5 Å². The summed E-state index contributed by atoms with van der Waals surface area (Å²) in [4.78, 5) is 64.9. The normalized spacial score (nSPS) is 17.2. The number of aryl methyl sites for hydroxylation is 1. The lowest BCUT2D eigenvalue weighted by atomic mass is 9.85. The number of rotatable bonds is 17. The number of aliphatic hydroxyl groups excluding tert-OH is 1. The van der Waals surface area contributed by atoms with Crippen LogP contribution in [0.4, 0.5) is 5.95 Å². The number of carbonyl (C=O) groups is 3. The summed E-state index contributed by atoms with van der Waals surface area (Å²) in [6.07, 6.45) is 9.74. The predicted octanol–water partition coefficient (Wildman–Crippen LogP) is 6.74. The molecule has 0 unspecified atom stereocenters. The number of hydrogen-bond acceptors (Lipinski definition) is 13. The third kappa shape index (κ3) is 11.5. The first-order valence-corrected chi connectivity index (χ1v) is 24.5. The second-order valence-corrected chi connectivity index (χ2v) is 20.3. The Morgan fingerprint density at radius 2 is 1.72 bits per heavy atom. The summed E-state index contributed by atoms with van der Waals surface area (Å²) in [6, 6.07) is 15.4. The minimum absolute atomic E-state index is 0.0284. The molecule has 0 spiro atoms. The summed E-state index contributed by atoms with van der Waals surface area (Å²) in [7, 11) is 2.07. The zero-order valence-electron chi connectivity index (χ0n) is 39.6. The maximum atomic E-state index is 14.1. The van der Waals surface area contributed by atoms with Gasteiger partial charge in [-0.05, 0) is 92.4 Å². The monoisotopic (exact) mass is 941 g/mol. The van der Waals surface area contributed by atoms with Crippen LogP contribution in [0.25, 0.3) is 32.7 Å². The molecule has 8 rings (SSSR count). The van der Waals surface area contributed by atoms with E-state index in [9.17, 15) is 24.6 Å². The second kappa shape index (κ2) is 21.3. The number of phenolic OH excluding ortho intramolecular Hbond substituents is 1. The smallest absolute Gasteiger partial charge is 0.246 e. The molecule has 358 valence electrons. The standard InChI is InChI=1S/C51H63N11O5S/c1-32-45(68-31-56-32)36-16-14-33(15-17-36)25-53-48(66)42-23-37(63)30-62(42)49(67)46(51(2,3)4)57-44(65)13-7-6-10-20-60(5)29-34-26-54-50(55-27-34)61-21-18-35(19-22-61)40-28-52-47-39(40)24-41(58-59-47)38-11-8-9-12-43(38)64/h8-9,11-12,14-17,24,26-28,31,35,37,42,46,63-64H,6-7,10,13,18-23,25,29-30H2,1-5H3,(H,52,59)(H,53,66)(H,57,65)/t37-,42+,46-/m1/s1. The van der Waals surface area contributed by atoms with Crippen LogP contribution in [0.3, 0.4) is 0 Å². The van der Waals surface area contributed by atoms with Gasteiger partial charge in [0.25, 0.3) is 0 Å². The Balaban J connectivity index is 0.747. The van der Waals surface area contributed by atoms with Crippen molar-refractivity contribution < 1.29 is 24.6 Å². The first-order chi connectivity index (χ1) is 32.7. The number of β-amino-alcohol motifs (C(OH)–C–C–N with tert-alkyl or cyclic N) is 1. The molecule has 3 atom stereocenters. The summed E-state index contributed by atoms with van der Waals surface area (Å²) in [6.45, 7) is 11.2. The first-order valence-electron chi connectivity index (χ1n) is 23.6. The fraction of sp³-hybridized carbons (Fsp3) is 0.451. The van der Waals surface area contributed by atoms with Crippen LogP contribution in [0, 0.1) is 12.3 Å². The van der Waals surface area contributed by atoms with Crippen molar-refractivity contribution >= 4 is 46.0 Å². The van der Waals surface area contributed by atoms with E-state index in [0.29, 0.717) is 30.1 Å². The molecule has 5 N–H and O–H groups in total. The number of aromatic amines is 1. The van der Waals surface area contributed by atoms with Crippen molar-refractivity contribution in [1.82, 2.24) is 50.6 Å². The number of nitrogens with one attached hydrogen (secondary N) is 3. The number of H-pyrrole nitrogens is 1. The van der Waals surface area contributed by atoms with Crippen LogP contribution in [0.1, 0.15) is 94.0 Å². The molecule has 2 aromatic carbocycles. The number of benzene rings is 2. The van der Waals surface area contributed by atoms with Crippen molar-refractivity contribution in [2.75, 3.05) is 38.1 Å². The van der Waals surface area contributed by atoms with Gasteiger partial charge < -0.3 is 40.5 Å². The molecule has 0 aliphatic carbocycles. The highest BCUT2D eigenvalue weighted by atomic mass is 32.1. The van der Waals surface area contributed by atoms with Crippen LogP contribution in [-0.2, 0) is 27.5 Å². The molecule has 2 saturated heterocycles. The maximum Gasteiger partial charge on any atom is 0.246 e. The molecule has 2 fully saturated rings. The van der Waals surface area contributed by atoms with Gasteiger partial charge in [-0.1, -0.05) is 63.6 Å². The summed E-state index contributed by atoms with van der Waals surface area (Å²) in [5.74, 6) is 0.348. The molecule has 6 heterocycles. The molecular weight excluding hydrogens is 879 g/mol. The Bertz CT molecular complexity index is 2670. The van der Waals surface area contributed by atoms with Gasteiger partial charge in [0.2, 0.25) is 23.7 Å². The van der Waals surface area contributed by atoms with Crippen LogP contribution < -0.4 is 15.5 Å². The molecule has 0 saturated carbocycles. The number of unbranched alkanes of at least 4 members (excludes halogenated alkanes) is 2. The highest BCUT2D eigenvalue weighted by molar-refractivity contribution is 7.13. The van der Waals surface area contributed by atoms with E-state index in [0.717, 1.165) is 89.6 Å². The zero-order valence-corrected chi connectivity index (χ0v) is 40.4. The Hall–Kier alpha value is -6.30. The number of anilines is 1. The Morgan fingerprint density at radius 3 is 2.43 bits per heavy atom. The summed E-state index contributed by atoms with van der Waals surface area (Å²) in [5.41, 5.74) is 8.44. The predicted molar refractivity (Wildman–Crippen MR) is 264 cm³/mol. The molecule has 0 radical (unpaired) electrons. The average Bonchev–Trinajstić information content (AvgIpc) is 4.08. The van der Waals surface area contributed by atoms with Crippen LogP contribution >= 0.6 is 11.3 Å². The Kier molecular flexibility index (Phi) is 15.1. The number of phenols is 1. The van der Waals surface area contributed by atoms with E-state index < -0.39 is 23.6 Å². The number of thiazole rings is 1. The van der Waals surface area contributed by atoms with E-state index in [1.165, 1.54) is 10.5 Å². The molecule has 17 heteroatoms. The highest BCUT2D eigenvalue weighted by Gasteiger charge is 2.44. The van der Waals surface area contributed by atoms with E-state index in [1.807, 2.05) is 94.3 Å². The van der Waals surface area contributed by atoms with Crippen molar-refractivity contribution in [1.29, 1.82) is 0 Å². The van der Waals surface area contributed by atoms with E-state index in [-0.39, 0.29) is 49.4 Å². The van der Waals surface area contributed by atoms with Gasteiger partial charge in [-0.25, -0.2) is 15.0 Å². The molecule has 0 bridgehead atoms. The number of aromatic hydroxyl groups is 1. The fourth-order valence-corrected chi connectivity index (χ4v) is 10.1. The van der Waals surface area contributed by atoms with Crippen LogP contribution in [0.5, 0.6) is 5.75 Å². The van der Waals surface area contributed by atoms with E-state index in [1.54, 1.807) is 23.5 Å². The third-order valence-electron chi connectivity index (χ3n) is 13.2. The van der Waals surface area contributed by atoms with Crippen molar-refractivity contribution in [2.45, 2.75) is 110 Å². The molecule has 2 aliphatic rings. The van der Waals surface area contributed by atoms with Crippen LogP contribution in [0.2, 0.25) is 0 Å². The van der Waals surface area contributed by atoms with Crippen molar-refractivity contribution in [3.63, 3.8) is 0 Å². The average molecular weight is 942 g/mol. The number of hydrogen-bond donors (Lipinski definition) is 5. The van der Waals surface area contributed by atoms with Gasteiger partial charge in [-0.2, -0.15) is 0 Å². The van der Waals surface area contributed by atoms with Gasteiger partial charge in [0.05, 0.1) is 27.9 Å². The number of nitrogens with zero attached hydrogens (tertiary/aromatic N) is 8. The first kappa shape index (κ1) is 48.2. The fourth-order valence-electron chi connectivity index (χ4n) is 9.33. The Morgan fingerprint density at radius 1 is 0.971 bits per heavy atom. The maximum absolute atomic E-state index is 14.1. The minimum atomic E-state index is -0.863. The number of para-hydroxylation sites is 1.